The lowest BCUT2D eigenvalue weighted by atomic mass is 10.0. The van der Waals surface area contributed by atoms with Gasteiger partial charge in [0.15, 0.2) is 17.4 Å². The molecule has 1 atom stereocenters. The van der Waals surface area contributed by atoms with Gasteiger partial charge in [0.1, 0.15) is 0 Å². The number of benzene rings is 1. The Morgan fingerprint density at radius 1 is 1.40 bits per heavy atom. The summed E-state index contributed by atoms with van der Waals surface area (Å²) < 4.78 is 30.3. The number of hydrogen-bond acceptors (Lipinski definition) is 3. The van der Waals surface area contributed by atoms with E-state index in [-0.39, 0.29) is 5.56 Å². The van der Waals surface area contributed by atoms with Crippen LogP contribution in [0.4, 0.5) is 8.78 Å². The minimum Gasteiger partial charge on any atom is -0.503 e. The summed E-state index contributed by atoms with van der Waals surface area (Å²) in [6, 6.07) is 1.81. The summed E-state index contributed by atoms with van der Waals surface area (Å²) in [6.07, 6.45) is 0. The van der Waals surface area contributed by atoms with E-state index in [0.29, 0.717) is 0 Å². The molecule has 0 amide bonds. The largest absolute Gasteiger partial charge is 0.503 e. The van der Waals surface area contributed by atoms with Crippen molar-refractivity contribution < 1.29 is 23.4 Å². The molecule has 15 heavy (non-hydrogen) atoms. The highest BCUT2D eigenvalue weighted by atomic mass is 19.1. The third kappa shape index (κ3) is 2.23. The van der Waals surface area contributed by atoms with Crippen LogP contribution in [0.5, 0.6) is 5.75 Å². The van der Waals surface area contributed by atoms with Crippen LogP contribution in [0.15, 0.2) is 12.1 Å². The van der Waals surface area contributed by atoms with E-state index in [1.54, 1.807) is 0 Å². The van der Waals surface area contributed by atoms with Crippen molar-refractivity contribution in [3.63, 3.8) is 0 Å². The van der Waals surface area contributed by atoms with Crippen molar-refractivity contribution in [3.05, 3.63) is 29.3 Å². The molecule has 1 rings (SSSR count). The van der Waals surface area contributed by atoms with E-state index in [1.165, 1.54) is 14.0 Å². The van der Waals surface area contributed by atoms with Gasteiger partial charge in [-0.2, -0.15) is 0 Å². The second-order valence-electron chi connectivity index (χ2n) is 3.08. The molecule has 0 heterocycles. The number of aromatic hydroxyl groups is 1. The lowest BCUT2D eigenvalue weighted by Gasteiger charge is -2.10. The molecule has 0 fully saturated rings. The van der Waals surface area contributed by atoms with Crippen LogP contribution in [0, 0.1) is 11.6 Å². The maximum Gasteiger partial charge on any atom is 0.312 e. The van der Waals surface area contributed by atoms with Gasteiger partial charge < -0.3 is 9.84 Å². The fraction of sp³-hybridized carbons (Fsp3) is 0.300. The minimum absolute atomic E-state index is 0.120. The van der Waals surface area contributed by atoms with Crippen molar-refractivity contribution >= 4 is 5.97 Å². The fourth-order valence-corrected chi connectivity index (χ4v) is 1.15. The van der Waals surface area contributed by atoms with Crippen molar-refractivity contribution in [2.75, 3.05) is 7.11 Å². The number of phenolic OH excluding ortho intramolecular Hbond substituents is 1. The van der Waals surface area contributed by atoms with E-state index in [4.69, 9.17) is 5.11 Å². The van der Waals surface area contributed by atoms with Crippen molar-refractivity contribution in [2.45, 2.75) is 12.8 Å². The molecule has 0 aliphatic rings. The molecule has 5 heteroatoms. The lowest BCUT2D eigenvalue weighted by Crippen LogP contribution is -2.11. The van der Waals surface area contributed by atoms with Gasteiger partial charge in [-0.05, 0) is 24.6 Å². The summed E-state index contributed by atoms with van der Waals surface area (Å²) in [6.45, 7) is 1.46. The molecule has 0 radical (unpaired) electrons. The molecule has 0 aromatic heterocycles. The molecule has 1 aromatic carbocycles. The maximum atomic E-state index is 12.9. The minimum atomic E-state index is -1.10. The molecule has 0 bridgehead atoms. The van der Waals surface area contributed by atoms with Gasteiger partial charge in [-0.3, -0.25) is 4.79 Å². The first-order valence-electron chi connectivity index (χ1n) is 4.23. The van der Waals surface area contributed by atoms with Gasteiger partial charge in [0.25, 0.3) is 0 Å². The summed E-state index contributed by atoms with van der Waals surface area (Å²) in [5.41, 5.74) is 0.120. The molecule has 0 aliphatic heterocycles. The highest BCUT2D eigenvalue weighted by molar-refractivity contribution is 5.77. The summed E-state index contributed by atoms with van der Waals surface area (Å²) in [4.78, 5) is 11.1. The molecule has 3 nitrogen and oxygen atoms in total. The maximum absolute atomic E-state index is 12.9. The quantitative estimate of drug-likeness (QED) is 0.768. The zero-order valence-electron chi connectivity index (χ0n) is 8.25. The topological polar surface area (TPSA) is 46.5 Å². The molecule has 0 saturated heterocycles. The summed E-state index contributed by atoms with van der Waals surface area (Å²) in [5.74, 6) is -4.61. The Morgan fingerprint density at radius 2 is 1.87 bits per heavy atom. The smallest absolute Gasteiger partial charge is 0.312 e. The first-order valence-corrected chi connectivity index (χ1v) is 4.23. The van der Waals surface area contributed by atoms with Crippen molar-refractivity contribution in [3.8, 4) is 5.75 Å². The summed E-state index contributed by atoms with van der Waals surface area (Å²) in [5, 5.41) is 8.84. The first kappa shape index (κ1) is 11.4. The van der Waals surface area contributed by atoms with Gasteiger partial charge >= 0.3 is 5.97 Å². The van der Waals surface area contributed by atoms with Gasteiger partial charge in [-0.15, -0.1) is 0 Å². The second kappa shape index (κ2) is 4.25. The standard InChI is InChI=1S/C10H10F2O3/c1-5(10(14)15-2)6-3-7(11)9(13)8(12)4-6/h3-5,13H,1-2H3. The monoisotopic (exact) mass is 216 g/mol. The number of ether oxygens (including phenoxy) is 1. The van der Waals surface area contributed by atoms with Crippen LogP contribution < -0.4 is 0 Å². The molecular formula is C10H10F2O3. The Balaban J connectivity index is 3.11. The average molecular weight is 216 g/mol. The van der Waals surface area contributed by atoms with Crippen LogP contribution in [0.25, 0.3) is 0 Å². The Morgan fingerprint density at radius 3 is 2.27 bits per heavy atom. The van der Waals surface area contributed by atoms with Crippen LogP contribution in [0.1, 0.15) is 18.4 Å². The molecule has 0 aliphatic carbocycles. The number of esters is 1. The van der Waals surface area contributed by atoms with Gasteiger partial charge in [0, 0.05) is 0 Å². The number of carbonyl (C=O) groups excluding carboxylic acids is 1. The highest BCUT2D eigenvalue weighted by Gasteiger charge is 2.19. The van der Waals surface area contributed by atoms with Crippen molar-refractivity contribution in [1.29, 1.82) is 0 Å². The Hall–Kier alpha value is -1.65. The highest BCUT2D eigenvalue weighted by Crippen LogP contribution is 2.26. The third-order valence-corrected chi connectivity index (χ3v) is 2.09. The zero-order valence-corrected chi connectivity index (χ0v) is 8.25. The SMILES string of the molecule is COC(=O)C(C)c1cc(F)c(O)c(F)c1. The molecule has 1 aromatic rings. The molecule has 0 saturated carbocycles. The molecule has 1 N–H and O–H groups in total. The van der Waals surface area contributed by atoms with E-state index >= 15 is 0 Å². The number of carbonyl (C=O) groups is 1. The number of methoxy groups -OCH3 is 1. The number of phenols is 1. The molecule has 82 valence electrons. The molecule has 0 spiro atoms. The Labute approximate surface area is 85.3 Å². The fourth-order valence-electron chi connectivity index (χ4n) is 1.15. The Kier molecular flexibility index (Phi) is 3.24. The third-order valence-electron chi connectivity index (χ3n) is 2.09. The zero-order chi connectivity index (χ0) is 11.6. The van der Waals surface area contributed by atoms with Crippen LogP contribution in [-0.2, 0) is 9.53 Å². The normalized spacial score (nSPS) is 12.3. The second-order valence-corrected chi connectivity index (χ2v) is 3.08. The van der Waals surface area contributed by atoms with E-state index in [1.807, 2.05) is 0 Å². The van der Waals surface area contributed by atoms with Gasteiger partial charge in [0.05, 0.1) is 13.0 Å². The van der Waals surface area contributed by atoms with Crippen LogP contribution in [0.2, 0.25) is 0 Å². The Bertz CT molecular complexity index is 367. The number of hydrogen-bond donors (Lipinski definition) is 1. The number of rotatable bonds is 2. The predicted octanol–water partition coefficient (Wildman–Crippen LogP) is 1.95. The summed E-state index contributed by atoms with van der Waals surface area (Å²) >= 11 is 0. The van der Waals surface area contributed by atoms with Gasteiger partial charge in [-0.25, -0.2) is 8.78 Å². The van der Waals surface area contributed by atoms with Crippen LogP contribution in [-0.4, -0.2) is 18.2 Å². The van der Waals surface area contributed by atoms with Crippen LogP contribution >= 0.6 is 0 Å². The predicted molar refractivity (Wildman–Crippen MR) is 48.5 cm³/mol. The van der Waals surface area contributed by atoms with Gasteiger partial charge in [-0.1, -0.05) is 0 Å². The van der Waals surface area contributed by atoms with Gasteiger partial charge in [0.2, 0.25) is 0 Å². The van der Waals surface area contributed by atoms with Crippen LogP contribution in [0.3, 0.4) is 0 Å². The van der Waals surface area contributed by atoms with E-state index in [9.17, 15) is 13.6 Å². The first-order chi connectivity index (χ1) is 6.97. The van der Waals surface area contributed by atoms with E-state index < -0.39 is 29.3 Å². The van der Waals surface area contributed by atoms with E-state index in [0.717, 1.165) is 12.1 Å². The van der Waals surface area contributed by atoms with Crippen molar-refractivity contribution in [1.82, 2.24) is 0 Å². The number of halogens is 2. The molecular weight excluding hydrogens is 206 g/mol. The summed E-state index contributed by atoms with van der Waals surface area (Å²) in [7, 11) is 1.19. The van der Waals surface area contributed by atoms with E-state index in [2.05, 4.69) is 4.74 Å². The molecule has 1 unspecified atom stereocenters. The average Bonchev–Trinajstić information content (AvgIpc) is 2.23. The lowest BCUT2D eigenvalue weighted by molar-refractivity contribution is -0.141. The van der Waals surface area contributed by atoms with Crippen molar-refractivity contribution in [2.24, 2.45) is 0 Å².